The maximum absolute atomic E-state index is 13.4. The third kappa shape index (κ3) is 3.01. The number of hydrogen-bond acceptors (Lipinski definition) is 4. The second kappa shape index (κ2) is 5.51. The van der Waals surface area contributed by atoms with E-state index in [-0.39, 0.29) is 6.61 Å². The molecule has 5 nitrogen and oxygen atoms in total. The van der Waals surface area contributed by atoms with Crippen LogP contribution in [0, 0.1) is 11.3 Å². The molecule has 0 aliphatic carbocycles. The van der Waals surface area contributed by atoms with Gasteiger partial charge in [0.15, 0.2) is 0 Å². The smallest absolute Gasteiger partial charge is 0.459 e. The fourth-order valence-corrected chi connectivity index (χ4v) is 1.37. The lowest BCUT2D eigenvalue weighted by molar-refractivity contribution is -0.291. The number of nitriles is 1. The molecule has 0 saturated heterocycles. The second-order valence-electron chi connectivity index (χ2n) is 3.71. The number of carbonyl (C=O) groups excluding carboxylic acids is 1. The van der Waals surface area contributed by atoms with Crippen LogP contribution in [0.25, 0.3) is 0 Å². The number of carbonyl (C=O) groups is 1. The van der Waals surface area contributed by atoms with Gasteiger partial charge in [0, 0.05) is 0 Å². The molecule has 0 saturated carbocycles. The number of rotatable bonds is 3. The summed E-state index contributed by atoms with van der Waals surface area (Å²) in [4.78, 5) is 23.9. The summed E-state index contributed by atoms with van der Waals surface area (Å²) in [6, 6.07) is 1.61. The van der Waals surface area contributed by atoms with Gasteiger partial charge < -0.3 is 9.72 Å². The SMILES string of the molecule is CCOC(=O)c1cc(C#N)c(=O)[nH]c1C(F)(F)C(F)(F)F. The van der Waals surface area contributed by atoms with Gasteiger partial charge >= 0.3 is 18.1 Å². The van der Waals surface area contributed by atoms with E-state index in [4.69, 9.17) is 5.26 Å². The summed E-state index contributed by atoms with van der Waals surface area (Å²) in [6.45, 7) is 1.01. The highest BCUT2D eigenvalue weighted by atomic mass is 19.4. The van der Waals surface area contributed by atoms with Gasteiger partial charge in [-0.25, -0.2) is 4.79 Å². The van der Waals surface area contributed by atoms with E-state index in [0.29, 0.717) is 6.07 Å². The van der Waals surface area contributed by atoms with Crippen LogP contribution in [-0.4, -0.2) is 23.7 Å². The lowest BCUT2D eigenvalue weighted by Gasteiger charge is -2.21. The van der Waals surface area contributed by atoms with Gasteiger partial charge in [-0.15, -0.1) is 0 Å². The molecular formula is C11H7F5N2O3. The number of aromatic nitrogens is 1. The van der Waals surface area contributed by atoms with Gasteiger partial charge in [0.2, 0.25) is 0 Å². The number of H-pyrrole nitrogens is 1. The minimum Gasteiger partial charge on any atom is -0.462 e. The second-order valence-corrected chi connectivity index (χ2v) is 3.71. The largest absolute Gasteiger partial charge is 0.462 e. The van der Waals surface area contributed by atoms with Crippen molar-refractivity contribution in [1.29, 1.82) is 5.26 Å². The summed E-state index contributed by atoms with van der Waals surface area (Å²) in [5.74, 6) is -6.99. The molecule has 21 heavy (non-hydrogen) atoms. The van der Waals surface area contributed by atoms with Crippen LogP contribution in [0.15, 0.2) is 10.9 Å². The Labute approximate surface area is 113 Å². The molecule has 1 aromatic heterocycles. The maximum Gasteiger partial charge on any atom is 0.459 e. The lowest BCUT2D eigenvalue weighted by atomic mass is 10.1. The van der Waals surface area contributed by atoms with Gasteiger partial charge in [-0.1, -0.05) is 0 Å². The molecule has 0 aromatic carbocycles. The quantitative estimate of drug-likeness (QED) is 0.684. The number of esters is 1. The van der Waals surface area contributed by atoms with Crippen molar-refractivity contribution in [3.63, 3.8) is 0 Å². The Balaban J connectivity index is 3.65. The zero-order valence-electron chi connectivity index (χ0n) is 10.3. The molecule has 0 aliphatic rings. The van der Waals surface area contributed by atoms with E-state index in [0.717, 1.165) is 0 Å². The number of aromatic amines is 1. The molecular weight excluding hydrogens is 303 g/mol. The van der Waals surface area contributed by atoms with E-state index in [1.807, 2.05) is 0 Å². The number of alkyl halides is 5. The highest BCUT2D eigenvalue weighted by Crippen LogP contribution is 2.44. The molecule has 114 valence electrons. The predicted octanol–water partition coefficient (Wildman–Crippen LogP) is 2.08. The zero-order valence-corrected chi connectivity index (χ0v) is 10.3. The summed E-state index contributed by atoms with van der Waals surface area (Å²) >= 11 is 0. The summed E-state index contributed by atoms with van der Waals surface area (Å²) < 4.78 is 68.2. The number of halogens is 5. The molecule has 0 bridgehead atoms. The van der Waals surface area contributed by atoms with Crippen LogP contribution in [-0.2, 0) is 10.7 Å². The minimum atomic E-state index is -6.04. The number of nitrogens with zero attached hydrogens (tertiary/aromatic N) is 1. The number of nitrogens with one attached hydrogen (secondary N) is 1. The van der Waals surface area contributed by atoms with Crippen LogP contribution in [0.3, 0.4) is 0 Å². The highest BCUT2D eigenvalue weighted by Gasteiger charge is 2.61. The van der Waals surface area contributed by atoms with Crippen LogP contribution in [0.2, 0.25) is 0 Å². The van der Waals surface area contributed by atoms with Gasteiger partial charge in [-0.2, -0.15) is 27.2 Å². The third-order valence-corrected chi connectivity index (χ3v) is 2.33. The summed E-state index contributed by atoms with van der Waals surface area (Å²) in [6.07, 6.45) is -6.04. The molecule has 1 heterocycles. The molecule has 0 fully saturated rings. The predicted molar refractivity (Wildman–Crippen MR) is 57.7 cm³/mol. The van der Waals surface area contributed by atoms with Crippen molar-refractivity contribution < 1.29 is 31.5 Å². The standard InChI is InChI=1S/C11H7F5N2O3/c1-2-21-9(20)6-3-5(4-17)8(19)18-7(6)10(12,13)11(14,15)16/h3H,2H2,1H3,(H,18,19). The van der Waals surface area contributed by atoms with Gasteiger partial charge in [-0.05, 0) is 13.0 Å². The fraction of sp³-hybridized carbons (Fsp3) is 0.364. The zero-order chi connectivity index (χ0) is 16.4. The number of hydrogen-bond donors (Lipinski definition) is 1. The molecule has 0 unspecified atom stereocenters. The summed E-state index contributed by atoms with van der Waals surface area (Å²) in [7, 11) is 0. The van der Waals surface area contributed by atoms with Gasteiger partial charge in [0.25, 0.3) is 5.56 Å². The summed E-state index contributed by atoms with van der Waals surface area (Å²) in [5.41, 5.74) is -5.45. The van der Waals surface area contributed by atoms with Crippen molar-refractivity contribution in [1.82, 2.24) is 4.98 Å². The van der Waals surface area contributed by atoms with Crippen LogP contribution >= 0.6 is 0 Å². The highest BCUT2D eigenvalue weighted by molar-refractivity contribution is 5.91. The van der Waals surface area contributed by atoms with Crippen LogP contribution in [0.5, 0.6) is 0 Å². The van der Waals surface area contributed by atoms with Gasteiger partial charge in [-0.3, -0.25) is 4.79 Å². The first kappa shape index (κ1) is 16.6. The third-order valence-electron chi connectivity index (χ3n) is 2.33. The van der Waals surface area contributed by atoms with E-state index in [2.05, 4.69) is 4.74 Å². The van der Waals surface area contributed by atoms with E-state index >= 15 is 0 Å². The molecule has 1 N–H and O–H groups in total. The van der Waals surface area contributed by atoms with Gasteiger partial charge in [0.05, 0.1) is 12.2 Å². The van der Waals surface area contributed by atoms with E-state index in [1.165, 1.54) is 18.0 Å². The molecule has 10 heteroatoms. The Kier molecular flexibility index (Phi) is 4.36. The molecule has 1 rings (SSSR count). The van der Waals surface area contributed by atoms with Crippen LogP contribution in [0.1, 0.15) is 28.5 Å². The molecule has 0 radical (unpaired) electrons. The first-order valence-electron chi connectivity index (χ1n) is 5.35. The monoisotopic (exact) mass is 310 g/mol. The lowest BCUT2D eigenvalue weighted by Crippen LogP contribution is -2.38. The normalized spacial score (nSPS) is 11.9. The van der Waals surface area contributed by atoms with Crippen molar-refractivity contribution in [2.45, 2.75) is 19.0 Å². The minimum absolute atomic E-state index is 0.295. The average Bonchev–Trinajstić information content (AvgIpc) is 2.37. The van der Waals surface area contributed by atoms with E-state index in [9.17, 15) is 31.5 Å². The van der Waals surface area contributed by atoms with Crippen LogP contribution in [0.4, 0.5) is 22.0 Å². The first-order valence-corrected chi connectivity index (χ1v) is 5.35. The van der Waals surface area contributed by atoms with E-state index in [1.54, 1.807) is 0 Å². The Hall–Kier alpha value is -2.44. The van der Waals surface area contributed by atoms with Crippen molar-refractivity contribution >= 4 is 5.97 Å². The Morgan fingerprint density at radius 2 is 1.95 bits per heavy atom. The average molecular weight is 310 g/mol. The molecule has 0 aliphatic heterocycles. The number of ether oxygens (including phenoxy) is 1. The maximum atomic E-state index is 13.4. The number of pyridine rings is 1. The first-order chi connectivity index (χ1) is 9.56. The van der Waals surface area contributed by atoms with Crippen molar-refractivity contribution in [3.8, 4) is 6.07 Å². The Morgan fingerprint density at radius 3 is 2.38 bits per heavy atom. The van der Waals surface area contributed by atoms with Gasteiger partial charge in [0.1, 0.15) is 17.3 Å². The Bertz CT molecular complexity index is 657. The molecule has 0 amide bonds. The Morgan fingerprint density at radius 1 is 1.38 bits per heavy atom. The summed E-state index contributed by atoms with van der Waals surface area (Å²) in [5, 5.41) is 8.58. The van der Waals surface area contributed by atoms with Crippen molar-refractivity contribution in [2.24, 2.45) is 0 Å². The topological polar surface area (TPSA) is 82.9 Å². The fourth-order valence-electron chi connectivity index (χ4n) is 1.37. The van der Waals surface area contributed by atoms with Crippen molar-refractivity contribution in [3.05, 3.63) is 33.2 Å². The molecule has 1 aromatic rings. The van der Waals surface area contributed by atoms with E-state index < -0.39 is 40.4 Å². The molecule has 0 atom stereocenters. The van der Waals surface area contributed by atoms with Crippen LogP contribution < -0.4 is 5.56 Å². The molecule has 0 spiro atoms. The van der Waals surface area contributed by atoms with Crippen molar-refractivity contribution in [2.75, 3.05) is 6.61 Å².